The molecule has 0 radical (unpaired) electrons. The molecule has 17 heavy (non-hydrogen) atoms. The summed E-state index contributed by atoms with van der Waals surface area (Å²) in [5.41, 5.74) is 0.889. The number of aromatic nitrogens is 2. The van der Waals surface area contributed by atoms with Crippen LogP contribution in [0.3, 0.4) is 0 Å². The van der Waals surface area contributed by atoms with Gasteiger partial charge in [-0.15, -0.1) is 0 Å². The fourth-order valence-corrected chi connectivity index (χ4v) is 2.00. The number of hydrogen-bond donors (Lipinski definition) is 1. The molecule has 1 aliphatic rings. The molecule has 0 aromatic carbocycles. The number of nitrogens with one attached hydrogen (secondary N) is 1. The van der Waals surface area contributed by atoms with Gasteiger partial charge in [-0.05, 0) is 12.8 Å². The van der Waals surface area contributed by atoms with E-state index in [4.69, 9.17) is 0 Å². The van der Waals surface area contributed by atoms with E-state index >= 15 is 0 Å². The standard InChI is InChI=1S/C11H18N4O2/c1-14-8-9(12-7-10(16)17-2)11(13-14)15-5-3-4-6-15/h8,12H,3-7H2,1-2H3. The first-order chi connectivity index (χ1) is 8.20. The molecule has 6 heteroatoms. The van der Waals surface area contributed by atoms with E-state index in [9.17, 15) is 4.79 Å². The summed E-state index contributed by atoms with van der Waals surface area (Å²) >= 11 is 0. The molecule has 1 aromatic heterocycles. The number of carbonyl (C=O) groups is 1. The number of carbonyl (C=O) groups excluding carboxylic acids is 1. The number of ether oxygens (including phenoxy) is 1. The third-order valence-electron chi connectivity index (χ3n) is 2.87. The molecule has 0 atom stereocenters. The van der Waals surface area contributed by atoms with Crippen molar-refractivity contribution in [3.05, 3.63) is 6.20 Å². The fraction of sp³-hybridized carbons (Fsp3) is 0.636. The van der Waals surface area contributed by atoms with Crippen molar-refractivity contribution in [3.8, 4) is 0 Å². The molecule has 1 N–H and O–H groups in total. The first-order valence-electron chi connectivity index (χ1n) is 5.80. The van der Waals surface area contributed by atoms with E-state index < -0.39 is 0 Å². The van der Waals surface area contributed by atoms with Crippen molar-refractivity contribution in [1.29, 1.82) is 0 Å². The molecule has 0 saturated carbocycles. The first kappa shape index (κ1) is 11.8. The Bertz CT molecular complexity index is 396. The van der Waals surface area contributed by atoms with Gasteiger partial charge in [-0.25, -0.2) is 0 Å². The van der Waals surface area contributed by atoms with Crippen LogP contribution in [0.5, 0.6) is 0 Å². The van der Waals surface area contributed by atoms with Crippen LogP contribution in [0.1, 0.15) is 12.8 Å². The Morgan fingerprint density at radius 1 is 1.53 bits per heavy atom. The molecule has 6 nitrogen and oxygen atoms in total. The zero-order valence-corrected chi connectivity index (χ0v) is 10.3. The van der Waals surface area contributed by atoms with Gasteiger partial charge in [-0.2, -0.15) is 5.10 Å². The molecular weight excluding hydrogens is 220 g/mol. The highest BCUT2D eigenvalue weighted by atomic mass is 16.5. The molecule has 0 unspecified atom stereocenters. The van der Waals surface area contributed by atoms with Crippen molar-refractivity contribution < 1.29 is 9.53 Å². The zero-order valence-electron chi connectivity index (χ0n) is 10.3. The molecule has 1 fully saturated rings. The SMILES string of the molecule is COC(=O)CNc1cn(C)nc1N1CCCC1. The lowest BCUT2D eigenvalue weighted by molar-refractivity contribution is -0.138. The van der Waals surface area contributed by atoms with E-state index in [1.165, 1.54) is 20.0 Å². The topological polar surface area (TPSA) is 59.4 Å². The summed E-state index contributed by atoms with van der Waals surface area (Å²) < 4.78 is 6.36. The van der Waals surface area contributed by atoms with Crippen LogP contribution in [-0.2, 0) is 16.6 Å². The largest absolute Gasteiger partial charge is 0.468 e. The van der Waals surface area contributed by atoms with E-state index in [-0.39, 0.29) is 12.5 Å². The highest BCUT2D eigenvalue weighted by Gasteiger charge is 2.19. The molecule has 1 saturated heterocycles. The summed E-state index contributed by atoms with van der Waals surface area (Å²) in [7, 11) is 3.26. The minimum absolute atomic E-state index is 0.170. The van der Waals surface area contributed by atoms with Crippen molar-refractivity contribution in [1.82, 2.24) is 9.78 Å². The molecule has 2 rings (SSSR count). The van der Waals surface area contributed by atoms with E-state index in [0.717, 1.165) is 24.6 Å². The second kappa shape index (κ2) is 5.07. The Labute approximate surface area is 101 Å². The molecule has 1 aliphatic heterocycles. The number of methoxy groups -OCH3 is 1. The van der Waals surface area contributed by atoms with Crippen molar-refractivity contribution in [2.75, 3.05) is 37.0 Å². The number of nitrogens with zero attached hydrogens (tertiary/aromatic N) is 3. The Hall–Kier alpha value is -1.72. The fourth-order valence-electron chi connectivity index (χ4n) is 2.00. The third-order valence-corrected chi connectivity index (χ3v) is 2.87. The molecule has 0 bridgehead atoms. The molecule has 0 spiro atoms. The van der Waals surface area contributed by atoms with Crippen LogP contribution in [0.4, 0.5) is 11.5 Å². The van der Waals surface area contributed by atoms with Crippen molar-refractivity contribution in [2.24, 2.45) is 7.05 Å². The maximum atomic E-state index is 11.1. The molecule has 0 aliphatic carbocycles. The van der Waals surface area contributed by atoms with Gasteiger partial charge in [0.05, 0.1) is 19.0 Å². The number of rotatable bonds is 4. The van der Waals surface area contributed by atoms with Gasteiger partial charge in [0.25, 0.3) is 0 Å². The van der Waals surface area contributed by atoms with Crippen LogP contribution in [0.25, 0.3) is 0 Å². The second-order valence-electron chi connectivity index (χ2n) is 4.16. The lowest BCUT2D eigenvalue weighted by Crippen LogP contribution is -2.21. The van der Waals surface area contributed by atoms with Gasteiger partial charge in [-0.3, -0.25) is 9.48 Å². The molecule has 94 valence electrons. The maximum Gasteiger partial charge on any atom is 0.325 e. The van der Waals surface area contributed by atoms with Crippen LogP contribution in [0.2, 0.25) is 0 Å². The van der Waals surface area contributed by atoms with Crippen LogP contribution >= 0.6 is 0 Å². The van der Waals surface area contributed by atoms with E-state index in [1.807, 2.05) is 13.2 Å². The quantitative estimate of drug-likeness (QED) is 0.779. The van der Waals surface area contributed by atoms with Gasteiger partial charge in [0.2, 0.25) is 0 Å². The number of anilines is 2. The van der Waals surface area contributed by atoms with Gasteiger partial charge >= 0.3 is 5.97 Å². The Kier molecular flexibility index (Phi) is 3.51. The Balaban J connectivity index is 2.07. The summed E-state index contributed by atoms with van der Waals surface area (Å²) in [4.78, 5) is 13.3. The van der Waals surface area contributed by atoms with Gasteiger partial charge < -0.3 is 15.0 Å². The molecular formula is C11H18N4O2. The average molecular weight is 238 g/mol. The predicted octanol–water partition coefficient (Wildman–Crippen LogP) is 0.605. The number of esters is 1. The lowest BCUT2D eigenvalue weighted by atomic mass is 10.4. The zero-order chi connectivity index (χ0) is 12.3. The van der Waals surface area contributed by atoms with Gasteiger partial charge in [0.1, 0.15) is 6.54 Å². The normalized spacial score (nSPS) is 15.1. The second-order valence-corrected chi connectivity index (χ2v) is 4.16. The maximum absolute atomic E-state index is 11.1. The van der Waals surface area contributed by atoms with Crippen LogP contribution in [-0.4, -0.2) is 42.5 Å². The van der Waals surface area contributed by atoms with E-state index in [2.05, 4.69) is 20.1 Å². The van der Waals surface area contributed by atoms with Crippen molar-refractivity contribution in [3.63, 3.8) is 0 Å². The Morgan fingerprint density at radius 3 is 2.88 bits per heavy atom. The Morgan fingerprint density at radius 2 is 2.24 bits per heavy atom. The van der Waals surface area contributed by atoms with Crippen molar-refractivity contribution >= 4 is 17.5 Å². The molecule has 2 heterocycles. The predicted molar refractivity (Wildman–Crippen MR) is 65.2 cm³/mol. The first-order valence-corrected chi connectivity index (χ1v) is 5.80. The molecule has 1 aromatic rings. The number of hydrogen-bond acceptors (Lipinski definition) is 5. The third kappa shape index (κ3) is 2.69. The van der Waals surface area contributed by atoms with Gasteiger partial charge in [0.15, 0.2) is 5.82 Å². The smallest absolute Gasteiger partial charge is 0.325 e. The monoisotopic (exact) mass is 238 g/mol. The minimum Gasteiger partial charge on any atom is -0.468 e. The van der Waals surface area contributed by atoms with E-state index in [1.54, 1.807) is 4.68 Å². The summed E-state index contributed by atoms with van der Waals surface area (Å²) in [6, 6.07) is 0. The summed E-state index contributed by atoms with van der Waals surface area (Å²) in [6.07, 6.45) is 4.29. The number of aryl methyl sites for hydroxylation is 1. The van der Waals surface area contributed by atoms with Crippen LogP contribution in [0.15, 0.2) is 6.20 Å². The highest BCUT2D eigenvalue weighted by molar-refractivity contribution is 5.77. The van der Waals surface area contributed by atoms with Crippen LogP contribution in [0, 0.1) is 0 Å². The minimum atomic E-state index is -0.277. The van der Waals surface area contributed by atoms with E-state index in [0.29, 0.717) is 0 Å². The van der Waals surface area contributed by atoms with Gasteiger partial charge in [-0.1, -0.05) is 0 Å². The average Bonchev–Trinajstić information content (AvgIpc) is 2.94. The van der Waals surface area contributed by atoms with Crippen molar-refractivity contribution in [2.45, 2.75) is 12.8 Å². The summed E-state index contributed by atoms with van der Waals surface area (Å²) in [5, 5.41) is 7.49. The lowest BCUT2D eigenvalue weighted by Gasteiger charge is -2.16. The van der Waals surface area contributed by atoms with Crippen LogP contribution < -0.4 is 10.2 Å². The summed E-state index contributed by atoms with van der Waals surface area (Å²) in [5.74, 6) is 0.648. The molecule has 0 amide bonds. The van der Waals surface area contributed by atoms with Gasteiger partial charge in [0, 0.05) is 20.1 Å². The summed E-state index contributed by atoms with van der Waals surface area (Å²) in [6.45, 7) is 2.23. The highest BCUT2D eigenvalue weighted by Crippen LogP contribution is 2.26.